The minimum absolute atomic E-state index is 0.0150. The lowest BCUT2D eigenvalue weighted by atomic mass is 10.2. The van der Waals surface area contributed by atoms with Crippen molar-refractivity contribution in [2.24, 2.45) is 0 Å². The van der Waals surface area contributed by atoms with Gasteiger partial charge in [-0.15, -0.1) is 0 Å². The molecule has 0 atom stereocenters. The normalized spacial score (nSPS) is 16.9. The van der Waals surface area contributed by atoms with Crippen LogP contribution in [0.25, 0.3) is 0 Å². The van der Waals surface area contributed by atoms with Crippen LogP contribution < -0.4 is 0 Å². The zero-order valence-corrected chi connectivity index (χ0v) is 10.5. The molecule has 1 fully saturated rings. The maximum Gasteiger partial charge on any atom is 0.416 e. The number of aromatic hydroxyl groups is 1. The summed E-state index contributed by atoms with van der Waals surface area (Å²) in [6, 6.07) is 3.92. The van der Waals surface area contributed by atoms with Crippen molar-refractivity contribution in [3.63, 3.8) is 0 Å². The Hall–Kier alpha value is -0.880. The van der Waals surface area contributed by atoms with Crippen LogP contribution in [0, 0.1) is 0 Å². The monoisotopic (exact) mass is 280 g/mol. The van der Waals surface area contributed by atoms with E-state index < -0.39 is 11.7 Å². The van der Waals surface area contributed by atoms with E-state index in [9.17, 15) is 13.2 Å². The molecule has 0 aromatic heterocycles. The van der Waals surface area contributed by atoms with Crippen LogP contribution in [0.2, 0.25) is 0 Å². The predicted octanol–water partition coefficient (Wildman–Crippen LogP) is 3.29. The fourth-order valence-electron chi connectivity index (χ4n) is 1.37. The molecule has 0 spiro atoms. The van der Waals surface area contributed by atoms with Crippen molar-refractivity contribution in [2.45, 2.75) is 25.1 Å². The number of benzene rings is 1. The first-order valence-electron chi connectivity index (χ1n) is 5.51. The number of hydrogen-bond acceptors (Lipinski definition) is 3. The van der Waals surface area contributed by atoms with E-state index in [2.05, 4.69) is 0 Å². The van der Waals surface area contributed by atoms with Gasteiger partial charge in [0.15, 0.2) is 0 Å². The van der Waals surface area contributed by atoms with Gasteiger partial charge in [-0.2, -0.15) is 24.9 Å². The third-order valence-electron chi connectivity index (χ3n) is 2.36. The van der Waals surface area contributed by atoms with Gasteiger partial charge < -0.3 is 10.2 Å². The summed E-state index contributed by atoms with van der Waals surface area (Å²) in [6.07, 6.45) is -2.35. The fraction of sp³-hybridized carbons (Fsp3) is 0.500. The summed E-state index contributed by atoms with van der Waals surface area (Å²) in [7, 11) is 0. The molecular formula is C12H15F3O2S. The van der Waals surface area contributed by atoms with E-state index in [0.717, 1.165) is 36.5 Å². The minimum atomic E-state index is -4.38. The van der Waals surface area contributed by atoms with Gasteiger partial charge in [-0.05, 0) is 42.5 Å². The summed E-state index contributed by atoms with van der Waals surface area (Å²) >= 11 is 1.94. The number of phenols is 1. The molecule has 102 valence electrons. The quantitative estimate of drug-likeness (QED) is 0.766. The molecule has 0 radical (unpaired) electrons. The summed E-state index contributed by atoms with van der Waals surface area (Å²) in [5, 5.41) is 17.6. The third kappa shape index (κ3) is 5.64. The lowest BCUT2D eigenvalue weighted by Gasteiger charge is -2.14. The Morgan fingerprint density at radius 2 is 1.78 bits per heavy atom. The van der Waals surface area contributed by atoms with E-state index in [0.29, 0.717) is 6.07 Å². The number of halogens is 3. The number of hydrogen-bond donors (Lipinski definition) is 2. The van der Waals surface area contributed by atoms with Crippen molar-refractivity contribution in [2.75, 3.05) is 11.5 Å². The smallest absolute Gasteiger partial charge is 0.416 e. The maximum atomic E-state index is 11.9. The molecule has 0 aliphatic carbocycles. The summed E-state index contributed by atoms with van der Waals surface area (Å²) in [4.78, 5) is 0. The van der Waals surface area contributed by atoms with Crippen molar-refractivity contribution >= 4 is 11.8 Å². The van der Waals surface area contributed by atoms with Crippen LogP contribution in [0.3, 0.4) is 0 Å². The highest BCUT2D eigenvalue weighted by atomic mass is 32.2. The van der Waals surface area contributed by atoms with E-state index in [1.54, 1.807) is 0 Å². The Bertz CT molecular complexity index is 363. The van der Waals surface area contributed by atoms with E-state index in [1.165, 1.54) is 6.07 Å². The molecule has 18 heavy (non-hydrogen) atoms. The molecule has 0 saturated carbocycles. The van der Waals surface area contributed by atoms with Gasteiger partial charge in [0.25, 0.3) is 0 Å². The summed E-state index contributed by atoms with van der Waals surface area (Å²) in [5.74, 6) is 1.93. The number of phenolic OH excluding ortho intramolecular Hbond substituents is 1. The number of aliphatic hydroxyl groups is 1. The highest BCUT2D eigenvalue weighted by Crippen LogP contribution is 2.30. The van der Waals surface area contributed by atoms with Gasteiger partial charge >= 0.3 is 6.18 Å². The Labute approximate surface area is 108 Å². The van der Waals surface area contributed by atoms with E-state index in [1.807, 2.05) is 11.8 Å². The van der Waals surface area contributed by atoms with Crippen LogP contribution in [0.4, 0.5) is 13.2 Å². The minimum Gasteiger partial charge on any atom is -0.508 e. The standard InChI is InChI=1S/C7H5F3O.C5H10OS/c8-7(9,10)5-2-1-3-6(11)4-5;6-5-1-3-7-4-2-5/h1-4,11H;5-6H,1-4H2. The van der Waals surface area contributed by atoms with Crippen LogP contribution in [0.1, 0.15) is 18.4 Å². The van der Waals surface area contributed by atoms with Gasteiger partial charge in [0.05, 0.1) is 11.7 Å². The lowest BCUT2D eigenvalue weighted by Crippen LogP contribution is -2.13. The van der Waals surface area contributed by atoms with Gasteiger partial charge in [-0.1, -0.05) is 6.07 Å². The highest BCUT2D eigenvalue weighted by molar-refractivity contribution is 7.99. The van der Waals surface area contributed by atoms with Gasteiger partial charge in [-0.25, -0.2) is 0 Å². The Kier molecular flexibility index (Phi) is 5.81. The van der Waals surface area contributed by atoms with Crippen LogP contribution in [0.5, 0.6) is 5.75 Å². The van der Waals surface area contributed by atoms with Crippen LogP contribution in [0.15, 0.2) is 24.3 Å². The van der Waals surface area contributed by atoms with Crippen molar-refractivity contribution in [1.29, 1.82) is 0 Å². The summed E-state index contributed by atoms with van der Waals surface area (Å²) < 4.78 is 35.6. The van der Waals surface area contributed by atoms with Gasteiger partial charge in [0.1, 0.15) is 5.75 Å². The molecule has 0 amide bonds. The maximum absolute atomic E-state index is 11.9. The summed E-state index contributed by atoms with van der Waals surface area (Å²) in [6.45, 7) is 0. The molecule has 1 aromatic rings. The molecule has 1 aromatic carbocycles. The molecule has 0 bridgehead atoms. The number of alkyl halides is 3. The van der Waals surface area contributed by atoms with Crippen LogP contribution in [-0.4, -0.2) is 27.8 Å². The number of thioether (sulfide) groups is 1. The van der Waals surface area contributed by atoms with Crippen molar-refractivity contribution < 1.29 is 23.4 Å². The second kappa shape index (κ2) is 6.89. The first-order chi connectivity index (χ1) is 8.39. The molecule has 2 rings (SSSR count). The molecule has 2 nitrogen and oxygen atoms in total. The summed E-state index contributed by atoms with van der Waals surface area (Å²) in [5.41, 5.74) is -0.836. The van der Waals surface area contributed by atoms with Gasteiger partial charge in [0.2, 0.25) is 0 Å². The number of rotatable bonds is 0. The zero-order chi connectivity index (χ0) is 13.6. The van der Waals surface area contributed by atoms with E-state index in [-0.39, 0.29) is 11.9 Å². The second-order valence-corrected chi connectivity index (χ2v) is 5.12. The van der Waals surface area contributed by atoms with Crippen molar-refractivity contribution in [1.82, 2.24) is 0 Å². The van der Waals surface area contributed by atoms with E-state index >= 15 is 0 Å². The largest absolute Gasteiger partial charge is 0.508 e. The zero-order valence-electron chi connectivity index (χ0n) is 9.65. The lowest BCUT2D eigenvalue weighted by molar-refractivity contribution is -0.137. The van der Waals surface area contributed by atoms with Crippen molar-refractivity contribution in [3.8, 4) is 5.75 Å². The Morgan fingerprint density at radius 3 is 2.11 bits per heavy atom. The molecule has 2 N–H and O–H groups in total. The SMILES string of the molecule is OC1CCSCC1.Oc1cccc(C(F)(F)F)c1. The molecule has 1 aliphatic rings. The first kappa shape index (κ1) is 15.2. The Morgan fingerprint density at radius 1 is 1.17 bits per heavy atom. The molecular weight excluding hydrogens is 265 g/mol. The highest BCUT2D eigenvalue weighted by Gasteiger charge is 2.30. The topological polar surface area (TPSA) is 40.5 Å². The third-order valence-corrected chi connectivity index (χ3v) is 3.41. The molecule has 1 aliphatic heterocycles. The van der Waals surface area contributed by atoms with E-state index in [4.69, 9.17) is 10.2 Å². The Balaban J connectivity index is 0.000000199. The average molecular weight is 280 g/mol. The predicted molar refractivity (Wildman–Crippen MR) is 65.7 cm³/mol. The van der Waals surface area contributed by atoms with Crippen LogP contribution >= 0.6 is 11.8 Å². The van der Waals surface area contributed by atoms with Crippen LogP contribution in [-0.2, 0) is 6.18 Å². The van der Waals surface area contributed by atoms with Gasteiger partial charge in [-0.3, -0.25) is 0 Å². The molecule has 1 saturated heterocycles. The fourth-order valence-corrected chi connectivity index (χ4v) is 2.45. The molecule has 6 heteroatoms. The molecule has 0 unspecified atom stereocenters. The average Bonchev–Trinajstić information content (AvgIpc) is 2.30. The van der Waals surface area contributed by atoms with Crippen molar-refractivity contribution in [3.05, 3.63) is 29.8 Å². The number of aliphatic hydroxyl groups excluding tert-OH is 1. The molecule has 1 heterocycles. The second-order valence-electron chi connectivity index (χ2n) is 3.89. The van der Waals surface area contributed by atoms with Gasteiger partial charge in [0, 0.05) is 0 Å². The first-order valence-corrected chi connectivity index (χ1v) is 6.67.